The molecule has 4 amide bonds. The molecule has 4 N–H and O–H groups in total. The molecule has 4 aliphatic heterocycles. The summed E-state index contributed by atoms with van der Waals surface area (Å²) < 4.78 is 82.1. The maximum absolute atomic E-state index is 14.6. The molecule has 33 nitrogen and oxygen atoms in total. The predicted molar refractivity (Wildman–Crippen MR) is 492 cm³/mol. The van der Waals surface area contributed by atoms with Crippen molar-refractivity contribution in [3.63, 3.8) is 0 Å². The lowest BCUT2D eigenvalue weighted by molar-refractivity contribution is -0.134. The number of aryl methyl sites for hydroxylation is 3. The van der Waals surface area contributed by atoms with Crippen LogP contribution in [-0.2, 0) is 45.4 Å². The SMILES string of the molecule is Cc1cc(N2CCN(C(=O)Cn3nc(-c4ncc[nH]4)c4cccnc43)CC2)c(F)cc1Cl.Cc1cc(N2CCN(C(=O)Cn3nc(-c4ncc[nH]4)c4cccnc43)CC2)c(F)cc1Cl.Cc1cc(N2CCN(C(=O)Cn3nc(-c4ncc[nH]4)c4cccnc43)[C@@H](C)C2)c(F)cc1Cl.O=C(Cn1nc(-c2ncc[nH]2)c2cccnc21)N1CCN(c2cc(OCCF)c(Cl)cc2F)CC1. The van der Waals surface area contributed by atoms with Crippen molar-refractivity contribution in [3.8, 4) is 51.8 Å². The number of alkyl halides is 1. The third-order valence-electron chi connectivity index (χ3n) is 23.3. The summed E-state index contributed by atoms with van der Waals surface area (Å²) >= 11 is 24.1. The molecule has 4 saturated heterocycles. The Hall–Kier alpha value is -14.1. The lowest BCUT2D eigenvalue weighted by Crippen LogP contribution is -2.55. The van der Waals surface area contributed by atoms with Gasteiger partial charge in [-0.15, -0.1) is 0 Å². The molecule has 0 bridgehead atoms. The normalized spacial score (nSPS) is 14.8. The minimum atomic E-state index is -0.673. The second-order valence-corrected chi connectivity index (χ2v) is 33.3. The number of aromatic amines is 4. The summed E-state index contributed by atoms with van der Waals surface area (Å²) in [6, 6.07) is 26.8. The molecule has 0 saturated carbocycles. The fourth-order valence-corrected chi connectivity index (χ4v) is 17.1. The van der Waals surface area contributed by atoms with Crippen LogP contribution in [0.4, 0.5) is 44.7 Å². The van der Waals surface area contributed by atoms with Gasteiger partial charge in [-0.3, -0.25) is 19.2 Å². The number of aromatic nitrogens is 20. The van der Waals surface area contributed by atoms with E-state index < -0.39 is 12.5 Å². The molecule has 0 spiro atoms. The monoisotopic (exact) mass is 1870 g/mol. The molecule has 4 aliphatic rings. The van der Waals surface area contributed by atoms with E-state index >= 15 is 0 Å². The number of rotatable bonds is 19. The quantitative estimate of drug-likeness (QED) is 0.0546. The van der Waals surface area contributed by atoms with E-state index in [0.717, 1.165) is 44.3 Å². The van der Waals surface area contributed by atoms with Gasteiger partial charge in [0, 0.05) is 200 Å². The molecule has 0 unspecified atom stereocenters. The van der Waals surface area contributed by atoms with Crippen molar-refractivity contribution in [2.45, 2.75) is 59.9 Å². The van der Waals surface area contributed by atoms with Gasteiger partial charge in [0.05, 0.1) is 49.3 Å². The number of fused-ring (bicyclic) bond motifs is 4. The topological polar surface area (TPSA) is 341 Å². The van der Waals surface area contributed by atoms with Gasteiger partial charge >= 0.3 is 0 Å². The van der Waals surface area contributed by atoms with E-state index in [1.54, 1.807) is 126 Å². The van der Waals surface area contributed by atoms with Gasteiger partial charge in [0.1, 0.15) is 91.3 Å². The van der Waals surface area contributed by atoms with Gasteiger partial charge < -0.3 is 63.9 Å². The van der Waals surface area contributed by atoms with Crippen molar-refractivity contribution in [1.82, 2.24) is 119 Å². The second kappa shape index (κ2) is 39.7. The number of halogens is 9. The highest BCUT2D eigenvalue weighted by Crippen LogP contribution is 2.37. The lowest BCUT2D eigenvalue weighted by atomic mass is 10.1. The number of ether oxygens (including phenoxy) is 1. The number of nitrogens with zero attached hydrogens (tertiary/aromatic N) is 24. The van der Waals surface area contributed by atoms with E-state index in [9.17, 15) is 41.1 Å². The third-order valence-corrected chi connectivity index (χ3v) is 24.8. The molecule has 12 aromatic heterocycles. The van der Waals surface area contributed by atoms with Crippen molar-refractivity contribution in [1.29, 1.82) is 0 Å². The number of benzene rings is 4. The van der Waals surface area contributed by atoms with E-state index in [0.29, 0.717) is 205 Å². The molecule has 4 aromatic carbocycles. The largest absolute Gasteiger partial charge is 0.489 e. The summed E-state index contributed by atoms with van der Waals surface area (Å²) in [6.07, 6.45) is 20.2. The van der Waals surface area contributed by atoms with Crippen molar-refractivity contribution in [2.24, 2.45) is 0 Å². The highest BCUT2D eigenvalue weighted by atomic mass is 35.5. The van der Waals surface area contributed by atoms with Crippen LogP contribution in [0, 0.1) is 44.0 Å². The fourth-order valence-electron chi connectivity index (χ4n) is 16.5. The molecule has 680 valence electrons. The second-order valence-electron chi connectivity index (χ2n) is 31.7. The van der Waals surface area contributed by atoms with E-state index in [-0.39, 0.29) is 90.7 Å². The highest BCUT2D eigenvalue weighted by Gasteiger charge is 2.34. The molecular weight excluding hydrogens is 1790 g/mol. The fraction of sp³-hybridized carbons (Fsp3) is 0.289. The summed E-state index contributed by atoms with van der Waals surface area (Å²) in [5.41, 5.74) is 9.40. The number of nitrogens with one attached hydrogen (secondary N) is 4. The molecule has 20 rings (SSSR count). The van der Waals surface area contributed by atoms with E-state index in [1.165, 1.54) is 24.3 Å². The van der Waals surface area contributed by atoms with E-state index in [2.05, 4.69) is 80.2 Å². The van der Waals surface area contributed by atoms with E-state index in [1.807, 2.05) is 101 Å². The first-order valence-electron chi connectivity index (χ1n) is 42.4. The van der Waals surface area contributed by atoms with Crippen LogP contribution in [0.1, 0.15) is 23.6 Å². The van der Waals surface area contributed by atoms with Gasteiger partial charge in [-0.25, -0.2) is 80.6 Å². The van der Waals surface area contributed by atoms with Gasteiger partial charge in [-0.1, -0.05) is 46.4 Å². The summed E-state index contributed by atoms with van der Waals surface area (Å²) in [6.45, 7) is 14.3. The van der Waals surface area contributed by atoms with Crippen molar-refractivity contribution < 1.29 is 45.9 Å². The number of imidazole rings is 4. The molecule has 1 atom stereocenters. The van der Waals surface area contributed by atoms with Crippen LogP contribution >= 0.6 is 46.4 Å². The van der Waals surface area contributed by atoms with Gasteiger partial charge in [0.2, 0.25) is 23.6 Å². The molecular formula is C90H87Cl4F5N28O5. The van der Waals surface area contributed by atoms with Crippen LogP contribution in [0.5, 0.6) is 5.75 Å². The van der Waals surface area contributed by atoms with Crippen molar-refractivity contribution in [3.05, 3.63) is 231 Å². The number of piperazine rings is 4. The van der Waals surface area contributed by atoms with Gasteiger partial charge in [0.15, 0.2) is 45.9 Å². The summed E-state index contributed by atoms with van der Waals surface area (Å²) in [5.74, 6) is 0.876. The Morgan fingerprint density at radius 2 is 0.659 bits per heavy atom. The molecule has 0 radical (unpaired) electrons. The number of hydrogen-bond donors (Lipinski definition) is 4. The number of amides is 4. The minimum Gasteiger partial charge on any atom is -0.489 e. The van der Waals surface area contributed by atoms with Crippen LogP contribution in [0.15, 0.2) is 171 Å². The first-order chi connectivity index (χ1) is 64.0. The number of pyridine rings is 4. The van der Waals surface area contributed by atoms with Crippen LogP contribution in [0.2, 0.25) is 20.1 Å². The van der Waals surface area contributed by atoms with Crippen LogP contribution < -0.4 is 24.3 Å². The summed E-state index contributed by atoms with van der Waals surface area (Å²) in [5, 5.41) is 23.0. The van der Waals surface area contributed by atoms with Crippen LogP contribution in [0.25, 0.3) is 90.2 Å². The average Bonchev–Trinajstić information content (AvgIpc) is 1.64. The van der Waals surface area contributed by atoms with Crippen LogP contribution in [-0.4, -0.2) is 260 Å². The Morgan fingerprint density at radius 3 is 0.955 bits per heavy atom. The molecule has 42 heteroatoms. The number of anilines is 4. The maximum Gasteiger partial charge on any atom is 0.244 e. The number of carbonyl (C=O) groups excluding carboxylic acids is 4. The maximum atomic E-state index is 14.6. The minimum absolute atomic E-state index is 0.0186. The molecule has 0 aliphatic carbocycles. The summed E-state index contributed by atoms with van der Waals surface area (Å²) in [4.78, 5) is 114. The van der Waals surface area contributed by atoms with Gasteiger partial charge in [0.25, 0.3) is 0 Å². The Labute approximate surface area is 771 Å². The molecule has 16 aromatic rings. The smallest absolute Gasteiger partial charge is 0.244 e. The van der Waals surface area contributed by atoms with Crippen LogP contribution in [0.3, 0.4) is 0 Å². The predicted octanol–water partition coefficient (Wildman–Crippen LogP) is 13.5. The first kappa shape index (κ1) is 89.9. The molecule has 132 heavy (non-hydrogen) atoms. The van der Waals surface area contributed by atoms with Crippen molar-refractivity contribution in [2.75, 3.05) is 131 Å². The standard InChI is InChI=1S/C23H22ClF2N7O2.C23H23ClFN7O.2C22H21ClFN7O/c24-16-12-17(26)18(13-19(16)35-11-3-25)31-7-9-32(10-8-31)20(34)14-33-23-15(2-1-4-29-23)21(30-33)22-27-5-6-28-22;1-14-10-19(18(25)11-17(14)24)30-8-9-31(15(2)12-30)20(33)13-32-23-16(4-3-5-28-23)21(29-32)22-26-6-7-27-22;2*1-14-11-18(17(24)12-16(14)23)29-7-9-30(10-8-29)19(32)13-31-22-15(3-2-4-27-22)20(28-31)21-25-5-6-26-21/h1-2,4-6,12-13H,3,7-11,14H2,(H,27,28);3-7,10-11,15H,8-9,12-13H2,1-2H3,(H,26,27);2*2-6,11-12H,7-10,13H2,1H3,(H,25,26)/t;15-;;/m.0../s1. The van der Waals surface area contributed by atoms with Crippen molar-refractivity contribution >= 4 is 137 Å². The zero-order chi connectivity index (χ0) is 92.0. The van der Waals surface area contributed by atoms with E-state index in [4.69, 9.17) is 51.1 Å². The zero-order valence-electron chi connectivity index (χ0n) is 71.8. The number of H-pyrrole nitrogens is 4. The summed E-state index contributed by atoms with van der Waals surface area (Å²) in [7, 11) is 0. The number of hydrogen-bond acceptors (Lipinski definition) is 21. The molecule has 4 fully saturated rings. The zero-order valence-corrected chi connectivity index (χ0v) is 74.8. The Kier molecular flexibility index (Phi) is 27.0. The first-order valence-corrected chi connectivity index (χ1v) is 43.9. The average molecular weight is 1880 g/mol. The highest BCUT2D eigenvalue weighted by molar-refractivity contribution is 6.32. The third kappa shape index (κ3) is 19.4. The Morgan fingerprint density at radius 1 is 0.371 bits per heavy atom. The Bertz CT molecular complexity index is 6630. The van der Waals surface area contributed by atoms with Gasteiger partial charge in [-0.05, 0) is 135 Å². The van der Waals surface area contributed by atoms with Gasteiger partial charge in [-0.2, -0.15) is 20.4 Å². The molecule has 16 heterocycles. The Balaban J connectivity index is 0.000000123. The lowest BCUT2D eigenvalue weighted by Gasteiger charge is -2.41. The number of carbonyl (C=O) groups is 4.